The molecule has 1 saturated heterocycles. The lowest BCUT2D eigenvalue weighted by Gasteiger charge is -2.40. The first-order valence-electron chi connectivity index (χ1n) is 9.71. The Balaban J connectivity index is 1.49. The van der Waals surface area contributed by atoms with Gasteiger partial charge in [-0.15, -0.1) is 0 Å². The summed E-state index contributed by atoms with van der Waals surface area (Å²) < 4.78 is 20.0. The Labute approximate surface area is 178 Å². The number of aromatic nitrogens is 3. The highest BCUT2D eigenvalue weighted by Gasteiger charge is 2.36. The van der Waals surface area contributed by atoms with E-state index in [-0.39, 0.29) is 5.82 Å². The van der Waals surface area contributed by atoms with Gasteiger partial charge in [-0.25, -0.2) is 14.1 Å². The summed E-state index contributed by atoms with van der Waals surface area (Å²) in [6.07, 6.45) is 4.51. The summed E-state index contributed by atoms with van der Waals surface area (Å²) in [6, 6.07) is 6.16. The zero-order chi connectivity index (χ0) is 21.3. The molecule has 0 amide bonds. The number of hydrogen-bond acceptors (Lipinski definition) is 6. The molecule has 7 nitrogen and oxygen atoms in total. The molecule has 3 heterocycles. The number of rotatable bonds is 6. The number of carbonyl (C=O) groups excluding carboxylic acids is 1. The van der Waals surface area contributed by atoms with Gasteiger partial charge in [-0.3, -0.25) is 9.69 Å². The largest absolute Gasteiger partial charge is 0.443 e. The predicted molar refractivity (Wildman–Crippen MR) is 108 cm³/mol. The molecule has 1 unspecified atom stereocenters. The molecular weight excluding hydrogens is 411 g/mol. The Bertz CT molecular complexity index is 1010. The lowest BCUT2D eigenvalue weighted by molar-refractivity contribution is -0.119. The van der Waals surface area contributed by atoms with Crippen LogP contribution in [0.1, 0.15) is 30.3 Å². The topological polar surface area (TPSA) is 84.4 Å². The number of carbonyl (C=O) groups is 1. The van der Waals surface area contributed by atoms with Crippen molar-refractivity contribution in [2.24, 2.45) is 0 Å². The van der Waals surface area contributed by atoms with Crippen LogP contribution in [0.25, 0.3) is 11.6 Å². The molecule has 0 bridgehead atoms. The highest BCUT2D eigenvalue weighted by Crippen LogP contribution is 2.33. The Kier molecular flexibility index (Phi) is 5.73. The van der Waals surface area contributed by atoms with Crippen LogP contribution in [0.15, 0.2) is 41.1 Å². The number of aliphatic hydroxyl groups is 1. The summed E-state index contributed by atoms with van der Waals surface area (Å²) in [5.74, 6) is -0.00873. The van der Waals surface area contributed by atoms with Gasteiger partial charge >= 0.3 is 0 Å². The van der Waals surface area contributed by atoms with Gasteiger partial charge in [0, 0.05) is 19.5 Å². The second kappa shape index (κ2) is 8.29. The summed E-state index contributed by atoms with van der Waals surface area (Å²) in [5, 5.41) is 15.8. The Hall–Kier alpha value is -2.55. The fourth-order valence-corrected chi connectivity index (χ4v) is 4.10. The van der Waals surface area contributed by atoms with Crippen LogP contribution in [0.4, 0.5) is 4.39 Å². The Morgan fingerprint density at radius 3 is 2.63 bits per heavy atom. The summed E-state index contributed by atoms with van der Waals surface area (Å²) in [5.41, 5.74) is 0.997. The van der Waals surface area contributed by atoms with Crippen molar-refractivity contribution in [3.05, 3.63) is 58.8 Å². The van der Waals surface area contributed by atoms with Crippen LogP contribution in [0, 0.1) is 12.7 Å². The molecule has 4 rings (SSSR count). The molecule has 0 aliphatic carbocycles. The number of likely N-dealkylation sites (tertiary alicyclic amines) is 1. The number of halogens is 2. The van der Waals surface area contributed by atoms with Crippen molar-refractivity contribution in [3.63, 3.8) is 0 Å². The Morgan fingerprint density at radius 2 is 2.03 bits per heavy atom. The number of benzene rings is 1. The molecule has 9 heteroatoms. The predicted octanol–water partition coefficient (Wildman–Crippen LogP) is 3.41. The van der Waals surface area contributed by atoms with Crippen LogP contribution < -0.4 is 0 Å². The second-order valence-corrected chi connectivity index (χ2v) is 8.02. The van der Waals surface area contributed by atoms with Crippen molar-refractivity contribution >= 4 is 17.9 Å². The number of aldehydes is 1. The van der Waals surface area contributed by atoms with E-state index >= 15 is 0 Å². The van der Waals surface area contributed by atoms with Gasteiger partial charge in [0.15, 0.2) is 18.1 Å². The smallest absolute Gasteiger partial charge is 0.248 e. The normalized spacial score (nSPS) is 17.7. The van der Waals surface area contributed by atoms with Gasteiger partial charge in [0.05, 0.1) is 22.5 Å². The molecule has 3 aromatic rings. The molecule has 1 fully saturated rings. The molecule has 1 aromatic carbocycles. The number of nitrogens with zero attached hydrogens (tertiary/aromatic N) is 4. The van der Waals surface area contributed by atoms with Crippen molar-refractivity contribution in [1.29, 1.82) is 0 Å². The van der Waals surface area contributed by atoms with Crippen LogP contribution in [0.2, 0.25) is 5.02 Å². The number of hydrogen-bond donors (Lipinski definition) is 1. The van der Waals surface area contributed by atoms with Gasteiger partial charge in [-0.1, -0.05) is 23.7 Å². The fraction of sp³-hybridized carbons (Fsp3) is 0.381. The number of oxazole rings is 1. The van der Waals surface area contributed by atoms with Crippen molar-refractivity contribution in [2.45, 2.75) is 38.0 Å². The molecule has 158 valence electrons. The van der Waals surface area contributed by atoms with Gasteiger partial charge in [0.2, 0.25) is 5.89 Å². The molecule has 2 aromatic heterocycles. The third-order valence-electron chi connectivity index (χ3n) is 5.63. The van der Waals surface area contributed by atoms with Gasteiger partial charge in [0.1, 0.15) is 12.1 Å². The zero-order valence-electron chi connectivity index (χ0n) is 16.5. The SMILES string of the molecule is Cc1c(Cl)c(-c2ncco2)nn1C(C=O)N1CCC(O)(Cc2ccc(F)cc2)CC1. The second-order valence-electron chi connectivity index (χ2n) is 7.64. The van der Waals surface area contributed by atoms with Crippen LogP contribution >= 0.6 is 11.6 Å². The quantitative estimate of drug-likeness (QED) is 0.601. The first-order valence-corrected chi connectivity index (χ1v) is 10.1. The summed E-state index contributed by atoms with van der Waals surface area (Å²) in [7, 11) is 0. The number of piperidine rings is 1. The van der Waals surface area contributed by atoms with E-state index in [2.05, 4.69) is 10.1 Å². The molecule has 1 atom stereocenters. The average molecular weight is 433 g/mol. The van der Waals surface area contributed by atoms with E-state index in [1.54, 1.807) is 23.7 Å². The van der Waals surface area contributed by atoms with E-state index < -0.39 is 11.8 Å². The molecule has 0 spiro atoms. The molecule has 0 radical (unpaired) electrons. The fourth-order valence-electron chi connectivity index (χ4n) is 3.90. The third-order valence-corrected chi connectivity index (χ3v) is 6.09. The minimum atomic E-state index is -0.901. The average Bonchev–Trinajstić information content (AvgIpc) is 3.36. The third kappa shape index (κ3) is 4.03. The molecular formula is C21H22ClFN4O3. The molecule has 0 saturated carbocycles. The minimum absolute atomic E-state index is 0.291. The van der Waals surface area contributed by atoms with Crippen LogP contribution in [-0.2, 0) is 11.2 Å². The molecule has 1 aliphatic heterocycles. The first kappa shape index (κ1) is 20.7. The van der Waals surface area contributed by atoms with E-state index in [0.717, 1.165) is 11.8 Å². The minimum Gasteiger partial charge on any atom is -0.443 e. The van der Waals surface area contributed by atoms with Crippen molar-refractivity contribution in [1.82, 2.24) is 19.7 Å². The van der Waals surface area contributed by atoms with Crippen LogP contribution in [-0.4, -0.2) is 49.7 Å². The Morgan fingerprint density at radius 1 is 1.33 bits per heavy atom. The van der Waals surface area contributed by atoms with Crippen molar-refractivity contribution in [3.8, 4) is 11.6 Å². The van der Waals surface area contributed by atoms with E-state index in [0.29, 0.717) is 54.7 Å². The zero-order valence-corrected chi connectivity index (χ0v) is 17.2. The maximum atomic E-state index is 13.1. The van der Waals surface area contributed by atoms with Gasteiger partial charge in [-0.2, -0.15) is 5.10 Å². The molecule has 30 heavy (non-hydrogen) atoms. The lowest BCUT2D eigenvalue weighted by atomic mass is 9.85. The van der Waals surface area contributed by atoms with Crippen LogP contribution in [0.3, 0.4) is 0 Å². The monoisotopic (exact) mass is 432 g/mol. The molecule has 1 N–H and O–H groups in total. The van der Waals surface area contributed by atoms with E-state index in [9.17, 15) is 14.3 Å². The highest BCUT2D eigenvalue weighted by atomic mass is 35.5. The standard InChI is InChI=1S/C21H22ClFN4O3/c1-14-18(22)19(20-24-8-11-30-20)25-27(14)17(13-28)26-9-6-21(29,7-10-26)12-15-2-4-16(23)5-3-15/h2-5,8,11,13,17,29H,6-7,9-10,12H2,1H3. The van der Waals surface area contributed by atoms with Crippen molar-refractivity contribution in [2.75, 3.05) is 13.1 Å². The van der Waals surface area contributed by atoms with E-state index in [1.165, 1.54) is 24.6 Å². The summed E-state index contributed by atoms with van der Waals surface area (Å²) in [4.78, 5) is 18.0. The summed E-state index contributed by atoms with van der Waals surface area (Å²) >= 11 is 6.41. The van der Waals surface area contributed by atoms with Gasteiger partial charge in [-0.05, 0) is 37.5 Å². The summed E-state index contributed by atoms with van der Waals surface area (Å²) in [6.45, 7) is 2.80. The first-order chi connectivity index (χ1) is 14.4. The maximum Gasteiger partial charge on any atom is 0.248 e. The van der Waals surface area contributed by atoms with Gasteiger partial charge in [0.25, 0.3) is 0 Å². The van der Waals surface area contributed by atoms with E-state index in [4.69, 9.17) is 16.0 Å². The lowest BCUT2D eigenvalue weighted by Crippen LogP contribution is -2.48. The molecule has 1 aliphatic rings. The van der Waals surface area contributed by atoms with Crippen molar-refractivity contribution < 1.29 is 18.7 Å². The van der Waals surface area contributed by atoms with Crippen LogP contribution in [0.5, 0.6) is 0 Å². The van der Waals surface area contributed by atoms with Gasteiger partial charge < -0.3 is 9.52 Å². The van der Waals surface area contributed by atoms with E-state index in [1.807, 2.05) is 4.90 Å². The maximum absolute atomic E-state index is 13.1. The highest BCUT2D eigenvalue weighted by molar-refractivity contribution is 6.33.